The van der Waals surface area contributed by atoms with E-state index in [2.05, 4.69) is 16.7 Å². The van der Waals surface area contributed by atoms with Crippen molar-refractivity contribution in [3.63, 3.8) is 0 Å². The van der Waals surface area contributed by atoms with Crippen LogP contribution < -0.4 is 20.3 Å². The summed E-state index contributed by atoms with van der Waals surface area (Å²) in [6, 6.07) is 6.02. The highest BCUT2D eigenvalue weighted by Crippen LogP contribution is 2.31. The minimum absolute atomic E-state index is 0.00171. The Kier molecular flexibility index (Phi) is 3.40. The van der Waals surface area contributed by atoms with E-state index in [-0.39, 0.29) is 12.5 Å². The van der Waals surface area contributed by atoms with Crippen LogP contribution in [0.15, 0.2) is 18.2 Å². The Morgan fingerprint density at radius 2 is 2.32 bits per heavy atom. The highest BCUT2D eigenvalue weighted by atomic mass is 16.5. The maximum Gasteiger partial charge on any atom is 0.264 e. The molecule has 3 rings (SSSR count). The third kappa shape index (κ3) is 2.57. The van der Waals surface area contributed by atoms with Crippen molar-refractivity contribution in [1.82, 2.24) is 10.6 Å². The molecule has 102 valence electrons. The molecule has 2 N–H and O–H groups in total. The summed E-state index contributed by atoms with van der Waals surface area (Å²) in [7, 11) is 1.79. The van der Waals surface area contributed by atoms with Gasteiger partial charge in [0.2, 0.25) is 0 Å². The maximum absolute atomic E-state index is 11.6. The number of carbonyl (C=O) groups is 1. The summed E-state index contributed by atoms with van der Waals surface area (Å²) < 4.78 is 5.41. The number of nitrogens with one attached hydrogen (secondary N) is 2. The molecule has 2 aliphatic rings. The summed E-state index contributed by atoms with van der Waals surface area (Å²) >= 11 is 0. The molecule has 19 heavy (non-hydrogen) atoms. The highest BCUT2D eigenvalue weighted by molar-refractivity contribution is 5.97. The summed E-state index contributed by atoms with van der Waals surface area (Å²) in [5.74, 6) is 1.54. The topological polar surface area (TPSA) is 53.6 Å². The number of nitrogens with zero attached hydrogens (tertiary/aromatic N) is 1. The van der Waals surface area contributed by atoms with Crippen LogP contribution in [0.25, 0.3) is 0 Å². The molecular formula is C14H19N3O2. The molecule has 2 heterocycles. The molecule has 0 aliphatic carbocycles. The smallest absolute Gasteiger partial charge is 0.264 e. The monoisotopic (exact) mass is 261 g/mol. The zero-order valence-electron chi connectivity index (χ0n) is 11.1. The molecule has 0 radical (unpaired) electrons. The van der Waals surface area contributed by atoms with Crippen LogP contribution in [0.1, 0.15) is 5.56 Å². The second kappa shape index (κ2) is 5.19. The van der Waals surface area contributed by atoms with Gasteiger partial charge in [-0.2, -0.15) is 0 Å². The van der Waals surface area contributed by atoms with Gasteiger partial charge >= 0.3 is 0 Å². The summed E-state index contributed by atoms with van der Waals surface area (Å²) in [5.41, 5.74) is 2.04. The predicted molar refractivity (Wildman–Crippen MR) is 73.4 cm³/mol. The molecule has 1 amide bonds. The Hall–Kier alpha value is -1.59. The fourth-order valence-corrected chi connectivity index (χ4v) is 2.34. The van der Waals surface area contributed by atoms with E-state index in [0.29, 0.717) is 0 Å². The predicted octanol–water partition coefficient (Wildman–Crippen LogP) is 0.351. The van der Waals surface area contributed by atoms with E-state index in [9.17, 15) is 4.79 Å². The minimum atomic E-state index is -0.00171. The molecule has 0 bridgehead atoms. The Morgan fingerprint density at radius 1 is 1.47 bits per heavy atom. The maximum atomic E-state index is 11.6. The number of hydrogen-bond donors (Lipinski definition) is 2. The standard InChI is InChI=1S/C14H19N3O2/c1-17-12-4-10(5-15-6-11-7-16-8-11)2-3-13(12)19-9-14(17)18/h2-4,11,15-16H,5-9H2,1H3. The average molecular weight is 261 g/mol. The number of fused-ring (bicyclic) bond motifs is 1. The van der Waals surface area contributed by atoms with Crippen molar-refractivity contribution < 1.29 is 9.53 Å². The second-order valence-electron chi connectivity index (χ2n) is 5.20. The third-order valence-electron chi connectivity index (χ3n) is 3.74. The molecule has 0 atom stereocenters. The van der Waals surface area contributed by atoms with Crippen molar-refractivity contribution in [2.75, 3.05) is 38.2 Å². The van der Waals surface area contributed by atoms with Gasteiger partial charge in [-0.1, -0.05) is 6.07 Å². The number of likely N-dealkylation sites (N-methyl/N-ethyl adjacent to an activating group) is 1. The molecule has 0 aromatic heterocycles. The van der Waals surface area contributed by atoms with Crippen molar-refractivity contribution in [3.8, 4) is 5.75 Å². The van der Waals surface area contributed by atoms with Crippen molar-refractivity contribution in [3.05, 3.63) is 23.8 Å². The van der Waals surface area contributed by atoms with E-state index in [0.717, 1.165) is 43.5 Å². The summed E-state index contributed by atoms with van der Waals surface area (Å²) in [5, 5.41) is 6.71. The Labute approximate surface area is 112 Å². The van der Waals surface area contributed by atoms with Crippen molar-refractivity contribution in [2.24, 2.45) is 5.92 Å². The van der Waals surface area contributed by atoms with Crippen molar-refractivity contribution in [2.45, 2.75) is 6.54 Å². The van der Waals surface area contributed by atoms with Crippen LogP contribution in [0.3, 0.4) is 0 Å². The molecule has 0 spiro atoms. The number of carbonyl (C=O) groups excluding carboxylic acids is 1. The van der Waals surface area contributed by atoms with Crippen molar-refractivity contribution in [1.29, 1.82) is 0 Å². The zero-order valence-corrected chi connectivity index (χ0v) is 11.1. The Bertz CT molecular complexity index is 486. The van der Waals surface area contributed by atoms with Gasteiger partial charge in [-0.3, -0.25) is 4.79 Å². The fraction of sp³-hybridized carbons (Fsp3) is 0.500. The lowest BCUT2D eigenvalue weighted by Crippen LogP contribution is -2.47. The normalized spacial score (nSPS) is 18.8. The van der Waals surface area contributed by atoms with E-state index in [4.69, 9.17) is 4.74 Å². The van der Waals surface area contributed by atoms with Crippen LogP contribution in [-0.2, 0) is 11.3 Å². The van der Waals surface area contributed by atoms with Gasteiger partial charge in [-0.15, -0.1) is 0 Å². The first-order chi connectivity index (χ1) is 9.24. The molecule has 1 fully saturated rings. The number of rotatable bonds is 4. The van der Waals surface area contributed by atoms with Gasteiger partial charge in [0.15, 0.2) is 6.61 Å². The first-order valence-corrected chi connectivity index (χ1v) is 6.68. The van der Waals surface area contributed by atoms with Gasteiger partial charge in [0.1, 0.15) is 5.75 Å². The molecule has 0 saturated carbocycles. The number of amides is 1. The first kappa shape index (κ1) is 12.4. The van der Waals surface area contributed by atoms with Crippen LogP contribution in [-0.4, -0.2) is 39.2 Å². The Balaban J connectivity index is 1.64. The van der Waals surface area contributed by atoms with Gasteiger partial charge in [-0.25, -0.2) is 0 Å². The molecule has 1 aromatic rings. The van der Waals surface area contributed by atoms with Gasteiger partial charge in [0.25, 0.3) is 5.91 Å². The van der Waals surface area contributed by atoms with Crippen LogP contribution >= 0.6 is 0 Å². The zero-order chi connectivity index (χ0) is 13.2. The molecule has 2 aliphatic heterocycles. The largest absolute Gasteiger partial charge is 0.482 e. The lowest BCUT2D eigenvalue weighted by molar-refractivity contribution is -0.120. The van der Waals surface area contributed by atoms with Crippen molar-refractivity contribution >= 4 is 11.6 Å². The first-order valence-electron chi connectivity index (χ1n) is 6.68. The molecule has 0 unspecified atom stereocenters. The third-order valence-corrected chi connectivity index (χ3v) is 3.74. The summed E-state index contributed by atoms with van der Waals surface area (Å²) in [4.78, 5) is 13.3. The molecule has 1 saturated heterocycles. The lowest BCUT2D eigenvalue weighted by atomic mass is 10.0. The van der Waals surface area contributed by atoms with Crippen LogP contribution in [0.2, 0.25) is 0 Å². The second-order valence-corrected chi connectivity index (χ2v) is 5.20. The number of ether oxygens (including phenoxy) is 1. The van der Waals surface area contributed by atoms with E-state index < -0.39 is 0 Å². The van der Waals surface area contributed by atoms with Crippen LogP contribution in [0.4, 0.5) is 5.69 Å². The van der Waals surface area contributed by atoms with Gasteiger partial charge in [-0.05, 0) is 23.6 Å². The van der Waals surface area contributed by atoms with E-state index in [1.165, 1.54) is 5.56 Å². The molecule has 1 aromatic carbocycles. The molecule has 5 heteroatoms. The highest BCUT2D eigenvalue weighted by Gasteiger charge is 2.22. The summed E-state index contributed by atoms with van der Waals surface area (Å²) in [6.45, 7) is 4.22. The van der Waals surface area contributed by atoms with Crippen LogP contribution in [0.5, 0.6) is 5.75 Å². The average Bonchev–Trinajstić information content (AvgIpc) is 2.37. The molecular weight excluding hydrogens is 242 g/mol. The number of hydrogen-bond acceptors (Lipinski definition) is 4. The fourth-order valence-electron chi connectivity index (χ4n) is 2.34. The lowest BCUT2D eigenvalue weighted by Gasteiger charge is -2.28. The van der Waals surface area contributed by atoms with E-state index in [1.54, 1.807) is 11.9 Å². The van der Waals surface area contributed by atoms with Crippen LogP contribution in [0, 0.1) is 5.92 Å². The SMILES string of the molecule is CN1C(=O)COc2ccc(CNCC3CNC3)cc21. The Morgan fingerprint density at radius 3 is 3.05 bits per heavy atom. The van der Waals surface area contributed by atoms with E-state index in [1.807, 2.05) is 12.1 Å². The number of anilines is 1. The number of benzene rings is 1. The van der Waals surface area contributed by atoms with Gasteiger partial charge in [0.05, 0.1) is 5.69 Å². The summed E-state index contributed by atoms with van der Waals surface area (Å²) in [6.07, 6.45) is 0. The molecule has 5 nitrogen and oxygen atoms in total. The quantitative estimate of drug-likeness (QED) is 0.821. The van der Waals surface area contributed by atoms with Gasteiger partial charge < -0.3 is 20.3 Å². The van der Waals surface area contributed by atoms with E-state index >= 15 is 0 Å². The minimum Gasteiger partial charge on any atom is -0.482 e. The van der Waals surface area contributed by atoms with Gasteiger partial charge in [0, 0.05) is 33.2 Å².